The second-order valence-electron chi connectivity index (χ2n) is 2.23. The molecule has 0 aromatic carbocycles. The van der Waals surface area contributed by atoms with Crippen LogP contribution in [0.1, 0.15) is 13.8 Å². The van der Waals surface area contributed by atoms with Crippen molar-refractivity contribution in [2.75, 3.05) is 6.54 Å². The molecule has 0 spiro atoms. The molecule has 0 saturated carbocycles. The Bertz CT molecular complexity index is 175. The van der Waals surface area contributed by atoms with Crippen molar-refractivity contribution in [3.05, 3.63) is 22.4 Å². The van der Waals surface area contributed by atoms with Gasteiger partial charge in [0.1, 0.15) is 0 Å². The summed E-state index contributed by atoms with van der Waals surface area (Å²) in [4.78, 5) is 0. The van der Waals surface area contributed by atoms with Crippen LogP contribution in [0.15, 0.2) is 22.4 Å². The monoisotopic (exact) mass is 143 g/mol. The average molecular weight is 144 g/mol. The largest absolute Gasteiger partial charge is 0.384 e. The van der Waals surface area contributed by atoms with Crippen LogP contribution in [0.5, 0.6) is 0 Å². The minimum absolute atomic E-state index is 0.853. The average Bonchev–Trinajstić information content (AvgIpc) is 1.79. The molecule has 1 aliphatic rings. The third kappa shape index (κ3) is 1.49. The first-order valence-electron chi connectivity index (χ1n) is 2.97. The summed E-state index contributed by atoms with van der Waals surface area (Å²) in [6.45, 7) is 4.91. The van der Waals surface area contributed by atoms with E-state index in [4.69, 9.17) is 11.6 Å². The molecule has 0 amide bonds. The van der Waals surface area contributed by atoms with Gasteiger partial charge in [-0.1, -0.05) is 11.6 Å². The van der Waals surface area contributed by atoms with Gasteiger partial charge in [0.2, 0.25) is 0 Å². The predicted octanol–water partition coefficient (Wildman–Crippen LogP) is 2.01. The third-order valence-corrected chi connectivity index (χ3v) is 1.51. The van der Waals surface area contributed by atoms with E-state index in [-0.39, 0.29) is 0 Å². The fraction of sp³-hybridized carbons (Fsp3) is 0.429. The van der Waals surface area contributed by atoms with Crippen molar-refractivity contribution in [1.82, 2.24) is 5.32 Å². The molecule has 50 valence electrons. The molecular formula is C7H10ClN. The Hall–Kier alpha value is -0.430. The van der Waals surface area contributed by atoms with Crippen LogP contribution in [0.4, 0.5) is 0 Å². The number of hydrogen-bond acceptors (Lipinski definition) is 1. The van der Waals surface area contributed by atoms with Crippen molar-refractivity contribution in [3.8, 4) is 0 Å². The SMILES string of the molecule is CC1=C(/C=C(\C)Cl)CN1. The van der Waals surface area contributed by atoms with Gasteiger partial charge in [0.05, 0.1) is 0 Å². The minimum Gasteiger partial charge on any atom is -0.384 e. The van der Waals surface area contributed by atoms with Gasteiger partial charge in [-0.05, 0) is 25.5 Å². The van der Waals surface area contributed by atoms with Crippen LogP contribution < -0.4 is 5.32 Å². The first kappa shape index (κ1) is 6.69. The maximum Gasteiger partial charge on any atom is 0.0415 e. The maximum absolute atomic E-state index is 5.65. The smallest absolute Gasteiger partial charge is 0.0415 e. The topological polar surface area (TPSA) is 12.0 Å². The van der Waals surface area contributed by atoms with Crippen LogP contribution in [-0.4, -0.2) is 6.54 Å². The zero-order valence-electron chi connectivity index (χ0n) is 5.66. The molecule has 0 aromatic rings. The summed E-state index contributed by atoms with van der Waals surface area (Å²) in [5, 5.41) is 3.99. The summed E-state index contributed by atoms with van der Waals surface area (Å²) in [6, 6.07) is 0. The van der Waals surface area contributed by atoms with E-state index < -0.39 is 0 Å². The summed E-state index contributed by atoms with van der Waals surface area (Å²) in [5.74, 6) is 0. The second kappa shape index (κ2) is 2.44. The Labute approximate surface area is 60.4 Å². The quantitative estimate of drug-likeness (QED) is 0.592. The van der Waals surface area contributed by atoms with E-state index >= 15 is 0 Å². The third-order valence-electron chi connectivity index (χ3n) is 1.40. The second-order valence-corrected chi connectivity index (χ2v) is 2.83. The van der Waals surface area contributed by atoms with Crippen LogP contribution in [0, 0.1) is 0 Å². The van der Waals surface area contributed by atoms with Crippen LogP contribution in [0.25, 0.3) is 0 Å². The van der Waals surface area contributed by atoms with E-state index in [9.17, 15) is 0 Å². The molecule has 1 aliphatic heterocycles. The van der Waals surface area contributed by atoms with E-state index in [0.29, 0.717) is 0 Å². The van der Waals surface area contributed by atoms with Crippen molar-refractivity contribution in [1.29, 1.82) is 0 Å². The van der Waals surface area contributed by atoms with Gasteiger partial charge >= 0.3 is 0 Å². The van der Waals surface area contributed by atoms with Crippen molar-refractivity contribution < 1.29 is 0 Å². The lowest BCUT2D eigenvalue weighted by atomic mass is 10.1. The zero-order valence-corrected chi connectivity index (χ0v) is 6.42. The molecule has 1 heterocycles. The molecule has 1 rings (SSSR count). The van der Waals surface area contributed by atoms with Crippen LogP contribution in [0.3, 0.4) is 0 Å². The van der Waals surface area contributed by atoms with Gasteiger partial charge in [0.25, 0.3) is 0 Å². The van der Waals surface area contributed by atoms with Crippen molar-refractivity contribution >= 4 is 11.6 Å². The molecule has 0 aromatic heterocycles. The standard InChI is InChI=1S/C7H10ClN/c1-5(8)3-7-4-9-6(7)2/h3,9H,4H2,1-2H3/b5-3+. The van der Waals surface area contributed by atoms with Gasteiger partial charge in [0, 0.05) is 17.3 Å². The molecule has 0 bridgehead atoms. The number of allylic oxidation sites excluding steroid dienone is 2. The van der Waals surface area contributed by atoms with E-state index in [2.05, 4.69) is 12.2 Å². The van der Waals surface area contributed by atoms with Gasteiger partial charge in [-0.15, -0.1) is 0 Å². The predicted molar refractivity (Wildman–Crippen MR) is 40.3 cm³/mol. The maximum atomic E-state index is 5.65. The molecule has 0 fully saturated rings. The van der Waals surface area contributed by atoms with E-state index in [1.165, 1.54) is 11.3 Å². The fourth-order valence-electron chi connectivity index (χ4n) is 0.767. The summed E-state index contributed by atoms with van der Waals surface area (Å²) in [5.41, 5.74) is 2.57. The highest BCUT2D eigenvalue weighted by Gasteiger charge is 2.07. The Kier molecular flexibility index (Phi) is 1.81. The summed E-state index contributed by atoms with van der Waals surface area (Å²) in [7, 11) is 0. The highest BCUT2D eigenvalue weighted by Crippen LogP contribution is 2.14. The molecule has 0 aliphatic carbocycles. The minimum atomic E-state index is 0.853. The molecular weight excluding hydrogens is 134 g/mol. The lowest BCUT2D eigenvalue weighted by molar-refractivity contribution is 0.774. The number of halogens is 1. The summed E-state index contributed by atoms with van der Waals surface area (Å²) >= 11 is 5.65. The zero-order chi connectivity index (χ0) is 6.85. The van der Waals surface area contributed by atoms with Crippen molar-refractivity contribution in [2.45, 2.75) is 13.8 Å². The molecule has 9 heavy (non-hydrogen) atoms. The van der Waals surface area contributed by atoms with Gasteiger partial charge < -0.3 is 5.32 Å². The lowest BCUT2D eigenvalue weighted by Gasteiger charge is -2.20. The molecule has 2 heteroatoms. The highest BCUT2D eigenvalue weighted by molar-refractivity contribution is 6.29. The van der Waals surface area contributed by atoms with Gasteiger partial charge in [-0.25, -0.2) is 0 Å². The molecule has 1 nitrogen and oxygen atoms in total. The number of rotatable bonds is 1. The van der Waals surface area contributed by atoms with E-state index in [1.54, 1.807) is 0 Å². The molecule has 0 radical (unpaired) electrons. The number of nitrogens with one attached hydrogen (secondary N) is 1. The first-order valence-corrected chi connectivity index (χ1v) is 3.35. The molecule has 0 atom stereocenters. The van der Waals surface area contributed by atoms with Gasteiger partial charge in [-0.2, -0.15) is 0 Å². The van der Waals surface area contributed by atoms with Crippen molar-refractivity contribution in [3.63, 3.8) is 0 Å². The van der Waals surface area contributed by atoms with Gasteiger partial charge in [-0.3, -0.25) is 0 Å². The van der Waals surface area contributed by atoms with E-state index in [0.717, 1.165) is 11.6 Å². The summed E-state index contributed by atoms with van der Waals surface area (Å²) in [6.07, 6.45) is 1.99. The van der Waals surface area contributed by atoms with E-state index in [1.807, 2.05) is 13.0 Å². The Morgan fingerprint density at radius 3 is 2.56 bits per heavy atom. The summed E-state index contributed by atoms with van der Waals surface area (Å²) < 4.78 is 0. The normalized spacial score (nSPS) is 19.2. The Morgan fingerprint density at radius 2 is 2.44 bits per heavy atom. The molecule has 0 saturated heterocycles. The molecule has 0 unspecified atom stereocenters. The first-order chi connectivity index (χ1) is 4.20. The van der Waals surface area contributed by atoms with Crippen LogP contribution in [0.2, 0.25) is 0 Å². The lowest BCUT2D eigenvalue weighted by Crippen LogP contribution is -2.27. The van der Waals surface area contributed by atoms with Crippen LogP contribution in [-0.2, 0) is 0 Å². The number of hydrogen-bond donors (Lipinski definition) is 1. The Morgan fingerprint density at radius 1 is 1.78 bits per heavy atom. The fourth-order valence-corrected chi connectivity index (χ4v) is 0.898. The van der Waals surface area contributed by atoms with Gasteiger partial charge in [0.15, 0.2) is 0 Å². The van der Waals surface area contributed by atoms with Crippen molar-refractivity contribution in [2.24, 2.45) is 0 Å². The Balaban J connectivity index is 2.66. The van der Waals surface area contributed by atoms with Crippen LogP contribution >= 0.6 is 11.6 Å². The highest BCUT2D eigenvalue weighted by atomic mass is 35.5. The molecule has 1 N–H and O–H groups in total.